The molecule has 2 saturated heterocycles. The molecule has 3 N–H and O–H groups in total. The van der Waals surface area contributed by atoms with E-state index in [-0.39, 0.29) is 29.7 Å². The number of nitrogens with two attached hydrogens (primary N) is 1. The van der Waals surface area contributed by atoms with E-state index in [2.05, 4.69) is 5.32 Å². The fourth-order valence-corrected chi connectivity index (χ4v) is 4.09. The molecule has 0 spiro atoms. The molecule has 2 aliphatic heterocycles. The fourth-order valence-electron chi connectivity index (χ4n) is 4.09. The van der Waals surface area contributed by atoms with Crippen molar-refractivity contribution in [3.05, 3.63) is 29.8 Å². The van der Waals surface area contributed by atoms with Crippen LogP contribution in [0.25, 0.3) is 0 Å². The average Bonchev–Trinajstić information content (AvgIpc) is 2.93. The van der Waals surface area contributed by atoms with Crippen LogP contribution in [0.5, 0.6) is 0 Å². The maximum absolute atomic E-state index is 13.1. The molecular weight excluding hydrogens is 356 g/mol. The van der Waals surface area contributed by atoms with Crippen molar-refractivity contribution >= 4 is 23.4 Å². The molecule has 152 valence electrons. The summed E-state index contributed by atoms with van der Waals surface area (Å²) in [5.41, 5.74) is 6.86. The second-order valence-corrected chi connectivity index (χ2v) is 7.74. The Bertz CT molecular complexity index is 736. The van der Waals surface area contributed by atoms with Gasteiger partial charge in [0.25, 0.3) is 5.91 Å². The Morgan fingerprint density at radius 2 is 2.04 bits per heavy atom. The molecule has 0 radical (unpaired) electrons. The molecule has 0 aliphatic carbocycles. The molecule has 3 amide bonds. The zero-order chi connectivity index (χ0) is 20.1. The molecule has 2 atom stereocenters. The Balaban J connectivity index is 1.62. The van der Waals surface area contributed by atoms with E-state index in [9.17, 15) is 14.4 Å². The van der Waals surface area contributed by atoms with Gasteiger partial charge >= 0.3 is 0 Å². The minimum absolute atomic E-state index is 0.0760. The van der Waals surface area contributed by atoms with Crippen molar-refractivity contribution in [2.75, 3.05) is 31.9 Å². The lowest BCUT2D eigenvalue weighted by Crippen LogP contribution is -2.50. The third-order valence-electron chi connectivity index (χ3n) is 5.70. The van der Waals surface area contributed by atoms with Gasteiger partial charge in [-0.25, -0.2) is 0 Å². The quantitative estimate of drug-likeness (QED) is 0.769. The highest BCUT2D eigenvalue weighted by Gasteiger charge is 2.33. The van der Waals surface area contributed by atoms with E-state index in [1.807, 2.05) is 11.8 Å². The second-order valence-electron chi connectivity index (χ2n) is 7.74. The molecule has 2 fully saturated rings. The molecule has 2 unspecified atom stereocenters. The van der Waals surface area contributed by atoms with E-state index in [4.69, 9.17) is 5.73 Å². The third-order valence-corrected chi connectivity index (χ3v) is 5.70. The normalized spacial score (nSPS) is 23.2. The number of rotatable bonds is 4. The number of benzene rings is 1. The summed E-state index contributed by atoms with van der Waals surface area (Å²) in [4.78, 5) is 41.2. The largest absolute Gasteiger partial charge is 0.399 e. The summed E-state index contributed by atoms with van der Waals surface area (Å²) in [6, 6.07) is 6.83. The van der Waals surface area contributed by atoms with Gasteiger partial charge in [0.1, 0.15) is 0 Å². The van der Waals surface area contributed by atoms with Crippen LogP contribution < -0.4 is 11.1 Å². The smallest absolute Gasteiger partial charge is 0.251 e. The van der Waals surface area contributed by atoms with Gasteiger partial charge in [0.15, 0.2) is 0 Å². The minimum Gasteiger partial charge on any atom is -0.399 e. The number of carbonyl (C=O) groups excluding carboxylic acids is 3. The highest BCUT2D eigenvalue weighted by atomic mass is 16.2. The Hall–Kier alpha value is -2.57. The van der Waals surface area contributed by atoms with Gasteiger partial charge in [-0.15, -0.1) is 0 Å². The van der Waals surface area contributed by atoms with Gasteiger partial charge in [-0.2, -0.15) is 0 Å². The molecule has 28 heavy (non-hydrogen) atoms. The summed E-state index contributed by atoms with van der Waals surface area (Å²) < 4.78 is 0. The zero-order valence-electron chi connectivity index (χ0n) is 16.5. The molecule has 0 saturated carbocycles. The first-order valence-electron chi connectivity index (χ1n) is 10.2. The maximum atomic E-state index is 13.1. The third kappa shape index (κ3) is 4.82. The Morgan fingerprint density at radius 1 is 1.21 bits per heavy atom. The number of nitrogen functional groups attached to an aromatic ring is 1. The van der Waals surface area contributed by atoms with E-state index in [0.717, 1.165) is 19.3 Å². The van der Waals surface area contributed by atoms with E-state index in [1.54, 1.807) is 29.2 Å². The molecule has 2 aliphatic rings. The Labute approximate surface area is 166 Å². The maximum Gasteiger partial charge on any atom is 0.251 e. The monoisotopic (exact) mass is 386 g/mol. The number of anilines is 1. The molecule has 0 bridgehead atoms. The van der Waals surface area contributed by atoms with Crippen molar-refractivity contribution in [1.82, 2.24) is 15.1 Å². The predicted octanol–water partition coefficient (Wildman–Crippen LogP) is 1.64. The lowest BCUT2D eigenvalue weighted by molar-refractivity contribution is -0.143. The Morgan fingerprint density at radius 3 is 2.79 bits per heavy atom. The van der Waals surface area contributed by atoms with Crippen LogP contribution in [0.1, 0.15) is 49.4 Å². The van der Waals surface area contributed by atoms with Crippen LogP contribution >= 0.6 is 0 Å². The van der Waals surface area contributed by atoms with Gasteiger partial charge in [-0.1, -0.05) is 6.07 Å². The molecule has 7 heteroatoms. The second kappa shape index (κ2) is 9.08. The molecule has 1 aromatic carbocycles. The van der Waals surface area contributed by atoms with Crippen molar-refractivity contribution in [2.24, 2.45) is 5.92 Å². The highest BCUT2D eigenvalue weighted by Crippen LogP contribution is 2.22. The van der Waals surface area contributed by atoms with E-state index in [0.29, 0.717) is 50.3 Å². The average molecular weight is 386 g/mol. The number of piperidine rings is 1. The van der Waals surface area contributed by atoms with Crippen molar-refractivity contribution in [3.8, 4) is 0 Å². The van der Waals surface area contributed by atoms with Crippen LogP contribution in [0.2, 0.25) is 0 Å². The molecule has 1 aromatic rings. The van der Waals surface area contributed by atoms with Crippen LogP contribution in [0, 0.1) is 5.92 Å². The van der Waals surface area contributed by atoms with Crippen LogP contribution in [0.3, 0.4) is 0 Å². The molecule has 0 aromatic heterocycles. The number of likely N-dealkylation sites (tertiary alicyclic amines) is 2. The summed E-state index contributed by atoms with van der Waals surface area (Å²) in [5, 5.41) is 3.06. The summed E-state index contributed by atoms with van der Waals surface area (Å²) >= 11 is 0. The summed E-state index contributed by atoms with van der Waals surface area (Å²) in [7, 11) is 0. The van der Waals surface area contributed by atoms with Gasteiger partial charge in [0.05, 0.1) is 5.92 Å². The SMILES string of the molecule is CCN1CC(C(=O)N2CCCCC(NC(=O)c3cccc(N)c3)C2)CCC1=O. The van der Waals surface area contributed by atoms with Crippen molar-refractivity contribution < 1.29 is 14.4 Å². The van der Waals surface area contributed by atoms with Crippen LogP contribution in [-0.2, 0) is 9.59 Å². The van der Waals surface area contributed by atoms with Crippen molar-refractivity contribution in [3.63, 3.8) is 0 Å². The van der Waals surface area contributed by atoms with Crippen molar-refractivity contribution in [1.29, 1.82) is 0 Å². The van der Waals surface area contributed by atoms with Gasteiger partial charge in [-0.3, -0.25) is 14.4 Å². The number of amides is 3. The van der Waals surface area contributed by atoms with Gasteiger partial charge in [0.2, 0.25) is 11.8 Å². The lowest BCUT2D eigenvalue weighted by atomic mass is 9.95. The minimum atomic E-state index is -0.160. The first-order chi connectivity index (χ1) is 13.5. The van der Waals surface area contributed by atoms with E-state index >= 15 is 0 Å². The molecule has 2 heterocycles. The lowest BCUT2D eigenvalue weighted by Gasteiger charge is -2.35. The summed E-state index contributed by atoms with van der Waals surface area (Å²) in [6.45, 7) is 4.31. The van der Waals surface area contributed by atoms with Crippen LogP contribution in [0.4, 0.5) is 5.69 Å². The predicted molar refractivity (Wildman–Crippen MR) is 108 cm³/mol. The Kier molecular flexibility index (Phi) is 6.54. The van der Waals surface area contributed by atoms with Gasteiger partial charge in [0, 0.05) is 49.9 Å². The summed E-state index contributed by atoms with van der Waals surface area (Å²) in [5.74, 6) is -0.0567. The fraction of sp³-hybridized carbons (Fsp3) is 0.571. The van der Waals surface area contributed by atoms with Gasteiger partial charge in [-0.05, 0) is 50.8 Å². The van der Waals surface area contributed by atoms with E-state index in [1.165, 1.54) is 0 Å². The first kappa shape index (κ1) is 20.2. The van der Waals surface area contributed by atoms with Crippen LogP contribution in [0.15, 0.2) is 24.3 Å². The van der Waals surface area contributed by atoms with Crippen LogP contribution in [-0.4, -0.2) is 59.7 Å². The number of nitrogens with one attached hydrogen (secondary N) is 1. The van der Waals surface area contributed by atoms with Gasteiger partial charge < -0.3 is 20.9 Å². The topological polar surface area (TPSA) is 95.7 Å². The molecule has 3 rings (SSSR count). The molecule has 7 nitrogen and oxygen atoms in total. The summed E-state index contributed by atoms with van der Waals surface area (Å²) in [6.07, 6.45) is 3.80. The first-order valence-corrected chi connectivity index (χ1v) is 10.2. The molecular formula is C21H30N4O3. The number of hydrogen-bond acceptors (Lipinski definition) is 4. The number of carbonyl (C=O) groups is 3. The standard InChI is InChI=1S/C21H30N4O3/c1-2-24-13-16(9-10-19(24)26)21(28)25-11-4-3-8-18(14-25)23-20(27)15-6-5-7-17(22)12-15/h5-7,12,16,18H,2-4,8-11,13-14,22H2,1H3,(H,23,27). The highest BCUT2D eigenvalue weighted by molar-refractivity contribution is 5.95. The number of hydrogen-bond donors (Lipinski definition) is 2. The van der Waals surface area contributed by atoms with Crippen molar-refractivity contribution in [2.45, 2.75) is 45.1 Å². The zero-order valence-corrected chi connectivity index (χ0v) is 16.5. The van der Waals surface area contributed by atoms with E-state index < -0.39 is 0 Å². The number of nitrogens with zero attached hydrogens (tertiary/aromatic N) is 2.